The molecule has 134 valence electrons. The topological polar surface area (TPSA) is 96.0 Å². The number of nitrogens with zero attached hydrogens (tertiary/aromatic N) is 3. The molecule has 3 aromatic rings. The van der Waals surface area contributed by atoms with Crippen LogP contribution in [0.4, 0.5) is 5.82 Å². The Morgan fingerprint density at radius 3 is 2.62 bits per heavy atom. The van der Waals surface area contributed by atoms with Crippen molar-refractivity contribution in [1.82, 2.24) is 9.88 Å². The van der Waals surface area contributed by atoms with Gasteiger partial charge in [-0.1, -0.05) is 19.9 Å². The summed E-state index contributed by atoms with van der Waals surface area (Å²) in [6.07, 6.45) is 1.44. The zero-order chi connectivity index (χ0) is 19.0. The summed E-state index contributed by atoms with van der Waals surface area (Å²) in [7, 11) is 3.51. The van der Waals surface area contributed by atoms with Crippen molar-refractivity contribution >= 4 is 40.2 Å². The first-order chi connectivity index (χ1) is 12.3. The fourth-order valence-electron chi connectivity index (χ4n) is 2.58. The molecule has 0 fully saturated rings. The second kappa shape index (κ2) is 6.59. The fraction of sp³-hybridized carbons (Fsp3) is 0.263. The van der Waals surface area contributed by atoms with Gasteiger partial charge in [-0.25, -0.2) is 9.79 Å². The molecule has 0 saturated carbocycles. The Kier molecular flexibility index (Phi) is 4.46. The Hall–Kier alpha value is -3.22. The van der Waals surface area contributed by atoms with E-state index in [-0.39, 0.29) is 33.8 Å². The van der Waals surface area contributed by atoms with Gasteiger partial charge in [-0.3, -0.25) is 4.79 Å². The third kappa shape index (κ3) is 3.15. The number of carboxylic acid groups (broad SMARTS) is 1. The van der Waals surface area contributed by atoms with Gasteiger partial charge in [0.15, 0.2) is 5.82 Å². The van der Waals surface area contributed by atoms with E-state index >= 15 is 0 Å². The van der Waals surface area contributed by atoms with E-state index in [4.69, 9.17) is 4.42 Å². The van der Waals surface area contributed by atoms with Gasteiger partial charge in [0.05, 0.1) is 17.1 Å². The Morgan fingerprint density at radius 2 is 2.00 bits per heavy atom. The number of carbonyl (C=O) groups is 1. The fourth-order valence-corrected chi connectivity index (χ4v) is 2.58. The highest BCUT2D eigenvalue weighted by Gasteiger charge is 2.17. The van der Waals surface area contributed by atoms with Gasteiger partial charge in [0.25, 0.3) is 0 Å². The van der Waals surface area contributed by atoms with E-state index in [2.05, 4.69) is 9.98 Å². The van der Waals surface area contributed by atoms with Crippen molar-refractivity contribution in [2.24, 2.45) is 4.99 Å². The molecule has 0 amide bonds. The maximum atomic E-state index is 12.9. The van der Waals surface area contributed by atoms with E-state index in [1.54, 1.807) is 31.1 Å². The van der Waals surface area contributed by atoms with Gasteiger partial charge in [0.1, 0.15) is 11.1 Å². The van der Waals surface area contributed by atoms with Crippen LogP contribution in [-0.2, 0) is 0 Å². The smallest absolute Gasteiger partial charge is 0.339 e. The Balaban J connectivity index is 2.34. The number of benzene rings is 1. The van der Waals surface area contributed by atoms with Gasteiger partial charge < -0.3 is 14.4 Å². The maximum Gasteiger partial charge on any atom is 0.339 e. The van der Waals surface area contributed by atoms with Crippen LogP contribution < -0.4 is 5.43 Å². The lowest BCUT2D eigenvalue weighted by Gasteiger charge is -2.08. The van der Waals surface area contributed by atoms with Crippen LogP contribution in [0.5, 0.6) is 0 Å². The van der Waals surface area contributed by atoms with Crippen LogP contribution in [0.25, 0.3) is 22.1 Å². The van der Waals surface area contributed by atoms with Crippen molar-refractivity contribution < 1.29 is 14.3 Å². The van der Waals surface area contributed by atoms with E-state index in [1.807, 2.05) is 19.9 Å². The Bertz CT molecular complexity index is 1100. The number of aliphatic imine (C=N–C) groups is 1. The molecular formula is C19H19N3O4. The SMILES string of the molecule is CC(C)c1ccc2oc3nc(N=CN(C)C)c(C(=O)O)cc3c(=O)c2c1. The molecule has 0 saturated heterocycles. The van der Waals surface area contributed by atoms with E-state index in [0.29, 0.717) is 11.0 Å². The van der Waals surface area contributed by atoms with Gasteiger partial charge in [0, 0.05) is 14.1 Å². The lowest BCUT2D eigenvalue weighted by Crippen LogP contribution is -2.09. The number of carboxylic acids is 1. The van der Waals surface area contributed by atoms with Gasteiger partial charge >= 0.3 is 5.97 Å². The zero-order valence-corrected chi connectivity index (χ0v) is 15.0. The molecule has 7 nitrogen and oxygen atoms in total. The lowest BCUT2D eigenvalue weighted by molar-refractivity contribution is 0.0697. The van der Waals surface area contributed by atoms with Crippen molar-refractivity contribution in [1.29, 1.82) is 0 Å². The standard InChI is InChI=1S/C19H19N3O4/c1-10(2)11-5-6-15-12(7-11)16(23)13-8-14(19(24)25)17(20-9-22(3)4)21-18(13)26-15/h5-10H,1-4H3,(H,24,25). The van der Waals surface area contributed by atoms with Crippen LogP contribution in [0.1, 0.15) is 35.7 Å². The van der Waals surface area contributed by atoms with Crippen LogP contribution in [0.15, 0.2) is 38.5 Å². The molecular weight excluding hydrogens is 334 g/mol. The number of aromatic nitrogens is 1. The number of aromatic carboxylic acids is 1. The summed E-state index contributed by atoms with van der Waals surface area (Å²) < 4.78 is 5.75. The summed E-state index contributed by atoms with van der Waals surface area (Å²) >= 11 is 0. The van der Waals surface area contributed by atoms with Crippen molar-refractivity contribution in [2.75, 3.05) is 14.1 Å². The van der Waals surface area contributed by atoms with Crippen molar-refractivity contribution in [3.8, 4) is 0 Å². The quantitative estimate of drug-likeness (QED) is 0.439. The highest BCUT2D eigenvalue weighted by atomic mass is 16.4. The molecule has 0 aliphatic carbocycles. The van der Waals surface area contributed by atoms with Crippen LogP contribution in [0.3, 0.4) is 0 Å². The van der Waals surface area contributed by atoms with Crippen LogP contribution in [-0.4, -0.2) is 41.4 Å². The number of fused-ring (bicyclic) bond motifs is 2. The number of pyridine rings is 1. The molecule has 26 heavy (non-hydrogen) atoms. The third-order valence-corrected chi connectivity index (χ3v) is 3.97. The highest BCUT2D eigenvalue weighted by Crippen LogP contribution is 2.26. The molecule has 1 N–H and O–H groups in total. The first-order valence-electron chi connectivity index (χ1n) is 8.13. The molecule has 1 aromatic carbocycles. The highest BCUT2D eigenvalue weighted by molar-refractivity contribution is 5.98. The van der Waals surface area contributed by atoms with E-state index in [0.717, 1.165) is 5.56 Å². The van der Waals surface area contributed by atoms with Crippen molar-refractivity contribution in [3.63, 3.8) is 0 Å². The minimum atomic E-state index is -1.21. The van der Waals surface area contributed by atoms with Gasteiger partial charge in [-0.2, -0.15) is 4.98 Å². The van der Waals surface area contributed by atoms with Crippen LogP contribution in [0.2, 0.25) is 0 Å². The molecule has 0 unspecified atom stereocenters. The molecule has 0 atom stereocenters. The Labute approximate surface area is 149 Å². The van der Waals surface area contributed by atoms with Gasteiger partial charge in [-0.15, -0.1) is 0 Å². The van der Waals surface area contributed by atoms with Crippen LogP contribution in [0, 0.1) is 0 Å². The second-order valence-corrected chi connectivity index (χ2v) is 6.57. The predicted octanol–water partition coefficient (Wildman–Crippen LogP) is 3.38. The molecule has 0 aliphatic heterocycles. The minimum absolute atomic E-state index is 0.0139. The summed E-state index contributed by atoms with van der Waals surface area (Å²) in [5.41, 5.74) is 1.02. The first kappa shape index (κ1) is 17.6. The van der Waals surface area contributed by atoms with E-state index in [9.17, 15) is 14.7 Å². The lowest BCUT2D eigenvalue weighted by atomic mass is 10.0. The van der Waals surface area contributed by atoms with Crippen molar-refractivity contribution in [2.45, 2.75) is 19.8 Å². The van der Waals surface area contributed by atoms with Crippen LogP contribution >= 0.6 is 0 Å². The molecule has 3 rings (SSSR count). The normalized spacial score (nSPS) is 11.7. The predicted molar refractivity (Wildman–Crippen MR) is 101 cm³/mol. The molecule has 0 radical (unpaired) electrons. The zero-order valence-electron chi connectivity index (χ0n) is 15.0. The largest absolute Gasteiger partial charge is 0.478 e. The Morgan fingerprint density at radius 1 is 1.27 bits per heavy atom. The maximum absolute atomic E-state index is 12.9. The van der Waals surface area contributed by atoms with Gasteiger partial charge in [0.2, 0.25) is 11.1 Å². The summed E-state index contributed by atoms with van der Waals surface area (Å²) in [5.74, 6) is -0.967. The van der Waals surface area contributed by atoms with E-state index < -0.39 is 5.97 Å². The monoisotopic (exact) mass is 353 g/mol. The van der Waals surface area contributed by atoms with Crippen molar-refractivity contribution in [3.05, 3.63) is 45.6 Å². The summed E-state index contributed by atoms with van der Waals surface area (Å²) in [5, 5.41) is 9.98. The summed E-state index contributed by atoms with van der Waals surface area (Å²) in [6.45, 7) is 4.06. The molecule has 2 heterocycles. The third-order valence-electron chi connectivity index (χ3n) is 3.97. The molecule has 0 spiro atoms. The van der Waals surface area contributed by atoms with Gasteiger partial charge in [-0.05, 0) is 29.7 Å². The minimum Gasteiger partial charge on any atom is -0.478 e. The molecule has 0 aliphatic rings. The number of rotatable bonds is 4. The summed E-state index contributed by atoms with van der Waals surface area (Å²) in [6, 6.07) is 6.70. The average Bonchev–Trinajstić information content (AvgIpc) is 2.58. The second-order valence-electron chi connectivity index (χ2n) is 6.57. The molecule has 2 aromatic heterocycles. The molecule has 7 heteroatoms. The summed E-state index contributed by atoms with van der Waals surface area (Å²) in [4.78, 5) is 34.3. The van der Waals surface area contributed by atoms with E-state index in [1.165, 1.54) is 12.4 Å². The number of hydrogen-bond donors (Lipinski definition) is 1. The first-order valence-corrected chi connectivity index (χ1v) is 8.13. The molecule has 0 bridgehead atoms. The number of hydrogen-bond acceptors (Lipinski definition) is 5. The average molecular weight is 353 g/mol.